The maximum absolute atomic E-state index is 12.2. The summed E-state index contributed by atoms with van der Waals surface area (Å²) >= 11 is 0. The lowest BCUT2D eigenvalue weighted by molar-refractivity contribution is -0.122. The molecule has 19 heavy (non-hydrogen) atoms. The Hall–Kier alpha value is -1.55. The molecule has 1 heterocycles. The van der Waals surface area contributed by atoms with E-state index in [0.717, 1.165) is 30.6 Å². The minimum absolute atomic E-state index is 0.0336. The monoisotopic (exact) mass is 261 g/mol. The van der Waals surface area contributed by atoms with Crippen LogP contribution in [0.25, 0.3) is 0 Å². The van der Waals surface area contributed by atoms with Crippen molar-refractivity contribution in [3.05, 3.63) is 29.8 Å². The molecule has 1 saturated carbocycles. The SMILES string of the molecule is O=C(NCC1CCC(O)C1)C1COc2ccccc21. The maximum Gasteiger partial charge on any atom is 0.231 e. The highest BCUT2D eigenvalue weighted by atomic mass is 16.5. The number of amides is 1. The number of rotatable bonds is 3. The van der Waals surface area contributed by atoms with Crippen LogP contribution in [0.3, 0.4) is 0 Å². The van der Waals surface area contributed by atoms with Crippen molar-refractivity contribution >= 4 is 5.91 Å². The molecule has 0 radical (unpaired) electrons. The summed E-state index contributed by atoms with van der Waals surface area (Å²) in [6, 6.07) is 7.70. The average Bonchev–Trinajstić information content (AvgIpc) is 3.02. The summed E-state index contributed by atoms with van der Waals surface area (Å²) in [6.45, 7) is 1.09. The fraction of sp³-hybridized carbons (Fsp3) is 0.533. The van der Waals surface area contributed by atoms with E-state index in [1.165, 1.54) is 0 Å². The third-order valence-corrected chi connectivity index (χ3v) is 4.09. The summed E-state index contributed by atoms with van der Waals surface area (Å²) in [5, 5.41) is 12.5. The molecule has 1 aliphatic carbocycles. The van der Waals surface area contributed by atoms with Gasteiger partial charge in [0.05, 0.1) is 6.10 Å². The van der Waals surface area contributed by atoms with E-state index < -0.39 is 0 Å². The van der Waals surface area contributed by atoms with Crippen molar-refractivity contribution in [1.82, 2.24) is 5.32 Å². The largest absolute Gasteiger partial charge is 0.492 e. The van der Waals surface area contributed by atoms with Gasteiger partial charge in [-0.05, 0) is 31.2 Å². The molecule has 1 fully saturated rings. The Morgan fingerprint density at radius 1 is 1.37 bits per heavy atom. The highest BCUT2D eigenvalue weighted by Gasteiger charge is 2.31. The lowest BCUT2D eigenvalue weighted by atomic mass is 10.00. The van der Waals surface area contributed by atoms with Crippen LogP contribution in [0.5, 0.6) is 5.75 Å². The lowest BCUT2D eigenvalue weighted by Crippen LogP contribution is -2.33. The van der Waals surface area contributed by atoms with Crippen molar-refractivity contribution in [1.29, 1.82) is 0 Å². The number of nitrogens with one attached hydrogen (secondary N) is 1. The molecule has 2 aliphatic rings. The summed E-state index contributed by atoms with van der Waals surface area (Å²) < 4.78 is 5.52. The molecule has 0 saturated heterocycles. The van der Waals surface area contributed by atoms with Crippen molar-refractivity contribution < 1.29 is 14.6 Å². The molecule has 1 aromatic rings. The molecule has 4 heteroatoms. The average molecular weight is 261 g/mol. The smallest absolute Gasteiger partial charge is 0.231 e. The number of carbonyl (C=O) groups is 1. The molecule has 102 valence electrons. The molecule has 4 nitrogen and oxygen atoms in total. The van der Waals surface area contributed by atoms with Gasteiger partial charge >= 0.3 is 0 Å². The van der Waals surface area contributed by atoms with Gasteiger partial charge in [0.25, 0.3) is 0 Å². The first-order chi connectivity index (χ1) is 9.24. The van der Waals surface area contributed by atoms with Crippen LogP contribution < -0.4 is 10.1 Å². The van der Waals surface area contributed by atoms with Crippen LogP contribution in [0.4, 0.5) is 0 Å². The van der Waals surface area contributed by atoms with Crippen LogP contribution in [0.2, 0.25) is 0 Å². The second-order valence-electron chi connectivity index (χ2n) is 5.48. The van der Waals surface area contributed by atoms with E-state index in [1.807, 2.05) is 24.3 Å². The fourth-order valence-electron chi connectivity index (χ4n) is 2.98. The quantitative estimate of drug-likeness (QED) is 0.865. The van der Waals surface area contributed by atoms with Crippen molar-refractivity contribution in [3.8, 4) is 5.75 Å². The summed E-state index contributed by atoms with van der Waals surface area (Å²) in [5.74, 6) is 1.07. The number of para-hydroxylation sites is 1. The number of hydrogen-bond donors (Lipinski definition) is 2. The maximum atomic E-state index is 12.2. The van der Waals surface area contributed by atoms with Gasteiger partial charge in [0.2, 0.25) is 5.91 Å². The van der Waals surface area contributed by atoms with Crippen molar-refractivity contribution in [2.45, 2.75) is 31.3 Å². The van der Waals surface area contributed by atoms with Gasteiger partial charge in [-0.25, -0.2) is 0 Å². The van der Waals surface area contributed by atoms with E-state index in [2.05, 4.69) is 5.32 Å². The van der Waals surface area contributed by atoms with Gasteiger partial charge in [-0.3, -0.25) is 4.79 Å². The normalized spacial score (nSPS) is 28.8. The predicted molar refractivity (Wildman–Crippen MR) is 71.0 cm³/mol. The zero-order valence-electron chi connectivity index (χ0n) is 10.8. The van der Waals surface area contributed by atoms with E-state index in [1.54, 1.807) is 0 Å². The molecule has 3 rings (SSSR count). The van der Waals surface area contributed by atoms with Gasteiger partial charge in [-0.15, -0.1) is 0 Å². The Morgan fingerprint density at radius 3 is 3.00 bits per heavy atom. The Bertz CT molecular complexity index is 474. The van der Waals surface area contributed by atoms with Crippen molar-refractivity contribution in [2.24, 2.45) is 5.92 Å². The Kier molecular flexibility index (Phi) is 3.42. The van der Waals surface area contributed by atoms with Crippen molar-refractivity contribution in [2.75, 3.05) is 13.2 Å². The number of aliphatic hydroxyl groups is 1. The molecular weight excluding hydrogens is 242 g/mol. The van der Waals surface area contributed by atoms with Gasteiger partial charge in [0, 0.05) is 12.1 Å². The zero-order chi connectivity index (χ0) is 13.2. The Morgan fingerprint density at radius 2 is 2.21 bits per heavy atom. The van der Waals surface area contributed by atoms with Gasteiger partial charge in [0.1, 0.15) is 18.3 Å². The van der Waals surface area contributed by atoms with Crippen LogP contribution in [-0.4, -0.2) is 30.3 Å². The standard InChI is InChI=1S/C15H19NO3/c17-11-6-5-10(7-11)8-16-15(18)13-9-19-14-4-2-1-3-12(13)14/h1-4,10-11,13,17H,5-9H2,(H,16,18). The zero-order valence-corrected chi connectivity index (χ0v) is 10.8. The van der Waals surface area contributed by atoms with Gasteiger partial charge in [0.15, 0.2) is 0 Å². The summed E-state index contributed by atoms with van der Waals surface area (Å²) in [6.07, 6.45) is 2.48. The predicted octanol–water partition coefficient (Wildman–Crippen LogP) is 1.44. The Labute approximate surface area is 112 Å². The summed E-state index contributed by atoms with van der Waals surface area (Å²) in [7, 11) is 0. The van der Waals surface area contributed by atoms with Gasteiger partial charge in [-0.2, -0.15) is 0 Å². The molecule has 0 aromatic heterocycles. The summed E-state index contributed by atoms with van der Waals surface area (Å²) in [5.41, 5.74) is 0.978. The second kappa shape index (κ2) is 5.21. The molecule has 2 N–H and O–H groups in total. The van der Waals surface area contributed by atoms with E-state index in [4.69, 9.17) is 4.74 Å². The molecule has 0 bridgehead atoms. The van der Waals surface area contributed by atoms with Crippen LogP contribution in [-0.2, 0) is 4.79 Å². The van der Waals surface area contributed by atoms with E-state index in [-0.39, 0.29) is 17.9 Å². The molecule has 3 unspecified atom stereocenters. The van der Waals surface area contributed by atoms with Crippen LogP contribution in [0.1, 0.15) is 30.7 Å². The molecule has 1 aromatic carbocycles. The minimum atomic E-state index is -0.192. The number of fused-ring (bicyclic) bond motifs is 1. The molecule has 1 amide bonds. The number of aliphatic hydroxyl groups excluding tert-OH is 1. The third-order valence-electron chi connectivity index (χ3n) is 4.09. The fourth-order valence-corrected chi connectivity index (χ4v) is 2.98. The lowest BCUT2D eigenvalue weighted by Gasteiger charge is -2.13. The van der Waals surface area contributed by atoms with E-state index >= 15 is 0 Å². The number of hydrogen-bond acceptors (Lipinski definition) is 3. The van der Waals surface area contributed by atoms with E-state index in [0.29, 0.717) is 19.1 Å². The number of carbonyl (C=O) groups excluding carboxylic acids is 1. The van der Waals surface area contributed by atoms with Gasteiger partial charge < -0.3 is 15.2 Å². The first-order valence-electron chi connectivity index (χ1n) is 6.91. The third kappa shape index (κ3) is 2.59. The topological polar surface area (TPSA) is 58.6 Å². The van der Waals surface area contributed by atoms with Gasteiger partial charge in [-0.1, -0.05) is 18.2 Å². The van der Waals surface area contributed by atoms with Crippen LogP contribution in [0, 0.1) is 5.92 Å². The number of ether oxygens (including phenoxy) is 1. The first-order valence-corrected chi connectivity index (χ1v) is 6.91. The number of benzene rings is 1. The van der Waals surface area contributed by atoms with Crippen LogP contribution >= 0.6 is 0 Å². The van der Waals surface area contributed by atoms with E-state index in [9.17, 15) is 9.90 Å². The highest BCUT2D eigenvalue weighted by molar-refractivity contribution is 5.85. The summed E-state index contributed by atoms with van der Waals surface area (Å²) in [4.78, 5) is 12.2. The molecule has 3 atom stereocenters. The van der Waals surface area contributed by atoms with Crippen molar-refractivity contribution in [3.63, 3.8) is 0 Å². The minimum Gasteiger partial charge on any atom is -0.492 e. The molecular formula is C15H19NO3. The molecule has 1 aliphatic heterocycles. The first kappa shape index (κ1) is 12.5. The highest BCUT2D eigenvalue weighted by Crippen LogP contribution is 2.33. The second-order valence-corrected chi connectivity index (χ2v) is 5.48. The molecule has 0 spiro atoms. The van der Waals surface area contributed by atoms with Crippen LogP contribution in [0.15, 0.2) is 24.3 Å². The Balaban J connectivity index is 1.57.